The molecule has 3 aromatic heterocycles. The minimum absolute atomic E-state index is 0.134. The van der Waals surface area contributed by atoms with Crippen molar-refractivity contribution in [3.8, 4) is 11.4 Å². The van der Waals surface area contributed by atoms with Gasteiger partial charge in [0.05, 0.1) is 44.0 Å². The number of aromatic nitrogens is 4. The van der Waals surface area contributed by atoms with Crippen LogP contribution in [0.4, 0.5) is 0 Å². The highest BCUT2D eigenvalue weighted by Crippen LogP contribution is 2.28. The Kier molecular flexibility index (Phi) is 5.12. The van der Waals surface area contributed by atoms with Gasteiger partial charge in [-0.05, 0) is 29.5 Å². The molecule has 0 saturated carbocycles. The summed E-state index contributed by atoms with van der Waals surface area (Å²) < 4.78 is 1.94. The molecule has 150 valence electrons. The molecule has 3 aromatic rings. The first-order valence-corrected chi connectivity index (χ1v) is 11.1. The molecule has 7 nitrogen and oxygen atoms in total. The van der Waals surface area contributed by atoms with Gasteiger partial charge < -0.3 is 10.2 Å². The monoisotopic (exact) mass is 409 g/mol. The summed E-state index contributed by atoms with van der Waals surface area (Å²) in [5.41, 5.74) is 1.65. The number of amides is 1. The number of carbonyl (C=O) groups excluding carboxylic acids is 1. The Labute approximate surface area is 173 Å². The fourth-order valence-corrected chi connectivity index (χ4v) is 5.43. The van der Waals surface area contributed by atoms with Crippen molar-refractivity contribution in [2.24, 2.45) is 11.8 Å². The lowest BCUT2D eigenvalue weighted by Crippen LogP contribution is -3.20. The quantitative estimate of drug-likeness (QED) is 0.637. The molecule has 8 heteroatoms. The third-order valence-electron chi connectivity index (χ3n) is 6.28. The molecule has 2 bridgehead atoms. The second-order valence-electron chi connectivity index (χ2n) is 8.04. The topological polar surface area (TPSA) is 77.1 Å². The van der Waals surface area contributed by atoms with E-state index in [1.54, 1.807) is 17.5 Å². The second-order valence-corrected chi connectivity index (χ2v) is 9.07. The van der Waals surface area contributed by atoms with Gasteiger partial charge in [0, 0.05) is 23.9 Å². The summed E-state index contributed by atoms with van der Waals surface area (Å²) in [5.74, 6) is 0.826. The van der Waals surface area contributed by atoms with Crippen LogP contribution in [0.25, 0.3) is 11.4 Å². The number of carbonyl (C=O) groups is 1. The molecule has 3 fully saturated rings. The van der Waals surface area contributed by atoms with Crippen molar-refractivity contribution in [1.29, 1.82) is 0 Å². The molecule has 6 rings (SSSR count). The zero-order valence-corrected chi connectivity index (χ0v) is 17.0. The summed E-state index contributed by atoms with van der Waals surface area (Å²) >= 11 is 1.69. The predicted molar refractivity (Wildman–Crippen MR) is 110 cm³/mol. The predicted octanol–water partition coefficient (Wildman–Crippen LogP) is 1.01. The van der Waals surface area contributed by atoms with Crippen LogP contribution in [0.5, 0.6) is 0 Å². The van der Waals surface area contributed by atoms with Crippen molar-refractivity contribution >= 4 is 17.2 Å². The summed E-state index contributed by atoms with van der Waals surface area (Å²) in [7, 11) is 0. The molecule has 3 aliphatic rings. The normalized spacial score (nSPS) is 25.8. The Morgan fingerprint density at radius 3 is 3.00 bits per heavy atom. The molecule has 29 heavy (non-hydrogen) atoms. The Morgan fingerprint density at radius 2 is 2.24 bits per heavy atom. The molecule has 0 radical (unpaired) electrons. The number of nitrogens with one attached hydrogen (secondary N) is 2. The highest BCUT2D eigenvalue weighted by molar-refractivity contribution is 7.09. The zero-order valence-electron chi connectivity index (χ0n) is 16.2. The van der Waals surface area contributed by atoms with Gasteiger partial charge in [0.15, 0.2) is 0 Å². The van der Waals surface area contributed by atoms with Gasteiger partial charge in [-0.2, -0.15) is 0 Å². The van der Waals surface area contributed by atoms with E-state index in [1.807, 2.05) is 40.5 Å². The van der Waals surface area contributed by atoms with Gasteiger partial charge in [0.25, 0.3) is 0 Å². The van der Waals surface area contributed by atoms with Gasteiger partial charge in [0.1, 0.15) is 11.7 Å². The van der Waals surface area contributed by atoms with Crippen molar-refractivity contribution < 1.29 is 9.69 Å². The van der Waals surface area contributed by atoms with Gasteiger partial charge in [0.2, 0.25) is 5.91 Å². The van der Waals surface area contributed by atoms with E-state index in [0.717, 1.165) is 43.9 Å². The Bertz CT molecular complexity index is 957. The van der Waals surface area contributed by atoms with Gasteiger partial charge >= 0.3 is 0 Å². The second kappa shape index (κ2) is 8.04. The van der Waals surface area contributed by atoms with Gasteiger partial charge in [-0.3, -0.25) is 9.78 Å². The van der Waals surface area contributed by atoms with E-state index >= 15 is 0 Å². The molecular weight excluding hydrogens is 384 g/mol. The smallest absolute Gasteiger partial charge is 0.229 e. The Morgan fingerprint density at radius 1 is 1.28 bits per heavy atom. The van der Waals surface area contributed by atoms with E-state index in [4.69, 9.17) is 0 Å². The maximum absolute atomic E-state index is 12.8. The van der Waals surface area contributed by atoms with Crippen LogP contribution in [-0.4, -0.2) is 45.0 Å². The summed E-state index contributed by atoms with van der Waals surface area (Å²) in [6, 6.07) is 10.4. The molecule has 0 spiro atoms. The van der Waals surface area contributed by atoms with E-state index in [9.17, 15) is 4.79 Å². The fourth-order valence-electron chi connectivity index (χ4n) is 4.78. The van der Waals surface area contributed by atoms with Gasteiger partial charge in [-0.25, -0.2) is 4.68 Å². The zero-order chi connectivity index (χ0) is 19.6. The van der Waals surface area contributed by atoms with E-state index < -0.39 is 0 Å². The van der Waals surface area contributed by atoms with Crippen molar-refractivity contribution in [3.63, 3.8) is 0 Å². The maximum Gasteiger partial charge on any atom is 0.229 e. The van der Waals surface area contributed by atoms with Crippen LogP contribution in [0.15, 0.2) is 48.1 Å². The largest absolute Gasteiger partial charge is 0.351 e. The number of quaternary nitrogens is 1. The molecule has 0 aliphatic carbocycles. The lowest BCUT2D eigenvalue weighted by Gasteiger charge is -2.46. The van der Waals surface area contributed by atoms with Gasteiger partial charge in [-0.1, -0.05) is 17.3 Å². The molecule has 1 unspecified atom stereocenters. The third kappa shape index (κ3) is 3.95. The molecular formula is C21H25N6OS+. The van der Waals surface area contributed by atoms with E-state index in [-0.39, 0.29) is 11.8 Å². The summed E-state index contributed by atoms with van der Waals surface area (Å²) in [6.07, 6.45) is 5.97. The molecule has 1 amide bonds. The van der Waals surface area contributed by atoms with Crippen molar-refractivity contribution in [2.45, 2.75) is 32.0 Å². The van der Waals surface area contributed by atoms with Crippen LogP contribution in [0.2, 0.25) is 0 Å². The van der Waals surface area contributed by atoms with Crippen molar-refractivity contribution in [3.05, 3.63) is 53.0 Å². The molecule has 0 aromatic carbocycles. The minimum Gasteiger partial charge on any atom is -0.351 e. The number of pyridine rings is 1. The molecule has 3 aliphatic heterocycles. The minimum atomic E-state index is 0.134. The maximum atomic E-state index is 12.8. The average Bonchev–Trinajstić information content (AvgIpc) is 3.45. The lowest BCUT2D eigenvalue weighted by molar-refractivity contribution is -0.945. The van der Waals surface area contributed by atoms with Crippen LogP contribution in [0.3, 0.4) is 0 Å². The summed E-state index contributed by atoms with van der Waals surface area (Å²) in [6.45, 7) is 3.56. The van der Waals surface area contributed by atoms with E-state index in [2.05, 4.69) is 26.7 Å². The number of rotatable bonds is 6. The standard InChI is InChI=1S/C21H24N6OS/c28-21(23-11-17-4-3-9-29-17)18-13-26-8-6-15(18)10-16(26)12-27-14-20(24-25-27)19-5-1-2-7-22-19/h1-5,7,9,14-16,18H,6,8,10-13H2,(H,23,28)/p+1/t15-,16-,18+/m1/s1. The number of nitrogens with zero attached hydrogens (tertiary/aromatic N) is 4. The van der Waals surface area contributed by atoms with E-state index in [1.165, 1.54) is 9.78 Å². The number of hydrogen-bond donors (Lipinski definition) is 2. The fraction of sp³-hybridized carbons (Fsp3) is 0.429. The van der Waals surface area contributed by atoms with E-state index in [0.29, 0.717) is 18.5 Å². The highest BCUT2D eigenvalue weighted by Gasteiger charge is 2.46. The first kappa shape index (κ1) is 18.4. The van der Waals surface area contributed by atoms with Crippen LogP contribution in [0.1, 0.15) is 17.7 Å². The van der Waals surface area contributed by atoms with Crippen LogP contribution >= 0.6 is 11.3 Å². The van der Waals surface area contributed by atoms with Gasteiger partial charge in [-0.15, -0.1) is 16.4 Å². The SMILES string of the molecule is O=C(NCc1cccs1)[C@H]1C[NH+]2CC[C@@H]1C[C@@H]2Cn1cc(-c2ccccn2)nn1. The number of piperidine rings is 3. The van der Waals surface area contributed by atoms with Crippen molar-refractivity contribution in [2.75, 3.05) is 13.1 Å². The first-order chi connectivity index (χ1) is 14.3. The van der Waals surface area contributed by atoms with Crippen molar-refractivity contribution in [1.82, 2.24) is 25.3 Å². The number of hydrogen-bond acceptors (Lipinski definition) is 5. The summed E-state index contributed by atoms with van der Waals surface area (Å²) in [4.78, 5) is 19.8. The lowest BCUT2D eigenvalue weighted by atomic mass is 9.75. The number of thiophene rings is 1. The molecule has 6 heterocycles. The summed E-state index contributed by atoms with van der Waals surface area (Å²) in [5, 5.41) is 13.8. The van der Waals surface area contributed by atoms with Crippen LogP contribution in [-0.2, 0) is 17.9 Å². The molecule has 3 saturated heterocycles. The van der Waals surface area contributed by atoms with Crippen LogP contribution in [0, 0.1) is 11.8 Å². The highest BCUT2D eigenvalue weighted by atomic mass is 32.1. The number of fused-ring (bicyclic) bond motifs is 3. The Balaban J connectivity index is 1.19. The average molecular weight is 410 g/mol. The van der Waals surface area contributed by atoms with Crippen LogP contribution < -0.4 is 10.2 Å². The Hall–Kier alpha value is -2.58. The molecule has 2 N–H and O–H groups in total. The molecule has 4 atom stereocenters. The first-order valence-electron chi connectivity index (χ1n) is 10.2. The third-order valence-corrected chi connectivity index (χ3v) is 7.16.